The Hall–Kier alpha value is -2.97. The largest absolute Gasteiger partial charge is 0.433 e. The number of pyridine rings is 1. The van der Waals surface area contributed by atoms with Crippen molar-refractivity contribution in [3.63, 3.8) is 0 Å². The highest BCUT2D eigenvalue weighted by atomic mass is 19.4. The van der Waals surface area contributed by atoms with Crippen LogP contribution in [0.4, 0.5) is 13.2 Å². The average molecular weight is 307 g/mol. The Morgan fingerprint density at radius 3 is 2.64 bits per heavy atom. The number of aromatic nitrogens is 4. The highest BCUT2D eigenvalue weighted by molar-refractivity contribution is 5.90. The van der Waals surface area contributed by atoms with E-state index in [0.29, 0.717) is 5.56 Å². The predicted molar refractivity (Wildman–Crippen MR) is 69.7 cm³/mol. The normalized spacial score (nSPS) is 11.8. The van der Waals surface area contributed by atoms with Gasteiger partial charge in [0, 0.05) is 11.8 Å². The van der Waals surface area contributed by atoms with Crippen molar-refractivity contribution in [1.82, 2.24) is 19.4 Å². The summed E-state index contributed by atoms with van der Waals surface area (Å²) in [7, 11) is 0. The number of carbonyl (C=O) groups excluding carboxylic acids is 1. The smallest absolute Gasteiger partial charge is 0.364 e. The first-order valence-electron chi connectivity index (χ1n) is 6.03. The SMILES string of the molecule is NC(=O)c1cncc(-c2ccc3ncc(C(F)(F)F)n3c2)n1. The number of rotatable bonds is 2. The minimum absolute atomic E-state index is 0.0701. The van der Waals surface area contributed by atoms with E-state index in [9.17, 15) is 18.0 Å². The van der Waals surface area contributed by atoms with Crippen molar-refractivity contribution in [1.29, 1.82) is 0 Å². The maximum absolute atomic E-state index is 12.9. The lowest BCUT2D eigenvalue weighted by Gasteiger charge is -2.07. The Bertz CT molecular complexity index is 871. The fourth-order valence-corrected chi connectivity index (χ4v) is 1.97. The number of primary amides is 1. The van der Waals surface area contributed by atoms with E-state index in [-0.39, 0.29) is 17.0 Å². The van der Waals surface area contributed by atoms with Gasteiger partial charge >= 0.3 is 6.18 Å². The Morgan fingerprint density at radius 2 is 1.95 bits per heavy atom. The van der Waals surface area contributed by atoms with E-state index in [1.807, 2.05) is 0 Å². The van der Waals surface area contributed by atoms with Crippen LogP contribution >= 0.6 is 0 Å². The Morgan fingerprint density at radius 1 is 1.18 bits per heavy atom. The molecule has 3 aromatic heterocycles. The molecule has 0 aliphatic heterocycles. The third kappa shape index (κ3) is 2.36. The summed E-state index contributed by atoms with van der Waals surface area (Å²) in [5.74, 6) is -0.769. The molecule has 2 N–H and O–H groups in total. The quantitative estimate of drug-likeness (QED) is 0.783. The second kappa shape index (κ2) is 4.79. The number of imidazole rings is 1. The number of carbonyl (C=O) groups is 1. The maximum Gasteiger partial charge on any atom is 0.433 e. The van der Waals surface area contributed by atoms with Gasteiger partial charge in [0.15, 0.2) is 0 Å². The summed E-state index contributed by atoms with van der Waals surface area (Å²) in [4.78, 5) is 22.6. The van der Waals surface area contributed by atoms with E-state index < -0.39 is 17.8 Å². The molecule has 22 heavy (non-hydrogen) atoms. The van der Waals surface area contributed by atoms with Crippen LogP contribution in [0.3, 0.4) is 0 Å². The third-order valence-electron chi connectivity index (χ3n) is 2.98. The Labute approximate surface area is 121 Å². The van der Waals surface area contributed by atoms with Crippen molar-refractivity contribution in [2.24, 2.45) is 5.73 Å². The van der Waals surface area contributed by atoms with Gasteiger partial charge < -0.3 is 5.73 Å². The predicted octanol–water partition coefficient (Wildman–Crippen LogP) is 1.91. The lowest BCUT2D eigenvalue weighted by atomic mass is 10.2. The molecule has 0 aliphatic rings. The highest BCUT2D eigenvalue weighted by Gasteiger charge is 2.34. The summed E-state index contributed by atoms with van der Waals surface area (Å²) >= 11 is 0. The molecule has 0 aromatic carbocycles. The Kier molecular flexibility index (Phi) is 3.05. The van der Waals surface area contributed by atoms with Crippen LogP contribution in [-0.4, -0.2) is 25.3 Å². The number of halogens is 3. The second-order valence-electron chi connectivity index (χ2n) is 4.44. The van der Waals surface area contributed by atoms with Gasteiger partial charge in [0.2, 0.25) is 0 Å². The van der Waals surface area contributed by atoms with Crippen molar-refractivity contribution >= 4 is 11.6 Å². The molecule has 0 bridgehead atoms. The van der Waals surface area contributed by atoms with Gasteiger partial charge in [-0.25, -0.2) is 9.97 Å². The van der Waals surface area contributed by atoms with Gasteiger partial charge in [-0.15, -0.1) is 0 Å². The molecular formula is C13H8F3N5O. The molecule has 0 saturated heterocycles. The summed E-state index contributed by atoms with van der Waals surface area (Å²) in [6.07, 6.45) is -0.0239. The first-order chi connectivity index (χ1) is 10.4. The van der Waals surface area contributed by atoms with Gasteiger partial charge in [0.1, 0.15) is 17.0 Å². The summed E-state index contributed by atoms with van der Waals surface area (Å²) in [5.41, 5.74) is 4.88. The number of alkyl halides is 3. The van der Waals surface area contributed by atoms with Gasteiger partial charge in [-0.05, 0) is 12.1 Å². The van der Waals surface area contributed by atoms with E-state index in [1.54, 1.807) is 0 Å². The molecule has 1 amide bonds. The van der Waals surface area contributed by atoms with Crippen LogP contribution in [0.5, 0.6) is 0 Å². The topological polar surface area (TPSA) is 86.2 Å². The van der Waals surface area contributed by atoms with Crippen LogP contribution in [0.25, 0.3) is 16.9 Å². The van der Waals surface area contributed by atoms with E-state index >= 15 is 0 Å². The molecule has 0 saturated carbocycles. The molecule has 0 unspecified atom stereocenters. The zero-order valence-electron chi connectivity index (χ0n) is 10.9. The summed E-state index contributed by atoms with van der Waals surface area (Å²) in [5, 5.41) is 0. The molecule has 0 radical (unpaired) electrons. The van der Waals surface area contributed by atoms with Crippen LogP contribution in [0.1, 0.15) is 16.2 Å². The zero-order valence-corrected chi connectivity index (χ0v) is 10.9. The first-order valence-corrected chi connectivity index (χ1v) is 6.03. The minimum Gasteiger partial charge on any atom is -0.364 e. The number of hydrogen-bond acceptors (Lipinski definition) is 4. The maximum atomic E-state index is 12.9. The van der Waals surface area contributed by atoms with Crippen molar-refractivity contribution in [3.8, 4) is 11.3 Å². The van der Waals surface area contributed by atoms with E-state index in [4.69, 9.17) is 5.73 Å². The highest BCUT2D eigenvalue weighted by Crippen LogP contribution is 2.30. The molecule has 0 spiro atoms. The van der Waals surface area contributed by atoms with Crippen molar-refractivity contribution in [3.05, 3.63) is 48.3 Å². The van der Waals surface area contributed by atoms with Crippen molar-refractivity contribution in [2.45, 2.75) is 6.18 Å². The lowest BCUT2D eigenvalue weighted by molar-refractivity contribution is -0.141. The molecule has 9 heteroatoms. The van der Waals surface area contributed by atoms with Gasteiger partial charge in [-0.2, -0.15) is 13.2 Å². The molecule has 3 rings (SSSR count). The third-order valence-corrected chi connectivity index (χ3v) is 2.98. The fourth-order valence-electron chi connectivity index (χ4n) is 1.97. The van der Waals surface area contributed by atoms with Crippen LogP contribution in [0, 0.1) is 0 Å². The second-order valence-corrected chi connectivity index (χ2v) is 4.44. The molecule has 0 aliphatic carbocycles. The fraction of sp³-hybridized carbons (Fsp3) is 0.0769. The number of nitrogens with two attached hydrogens (primary N) is 1. The van der Waals surface area contributed by atoms with E-state index in [1.165, 1.54) is 30.7 Å². The molecule has 6 nitrogen and oxygen atoms in total. The molecular weight excluding hydrogens is 299 g/mol. The summed E-state index contributed by atoms with van der Waals surface area (Å²) < 4.78 is 39.6. The number of hydrogen-bond donors (Lipinski definition) is 1. The minimum atomic E-state index is -4.53. The standard InChI is InChI=1S/C13H8F3N5O/c14-13(15,16)10-5-19-11-2-1-7(6-21(10)11)8-3-18-4-9(20-8)12(17)22/h1-6H,(H2,17,22). The van der Waals surface area contributed by atoms with Gasteiger partial charge in [-0.1, -0.05) is 0 Å². The van der Waals surface area contributed by atoms with Crippen LogP contribution < -0.4 is 5.73 Å². The van der Waals surface area contributed by atoms with Crippen LogP contribution in [-0.2, 0) is 6.18 Å². The zero-order chi connectivity index (χ0) is 15.9. The number of nitrogens with zero attached hydrogens (tertiary/aromatic N) is 4. The average Bonchev–Trinajstić information content (AvgIpc) is 2.90. The van der Waals surface area contributed by atoms with Crippen LogP contribution in [0.15, 0.2) is 36.9 Å². The van der Waals surface area contributed by atoms with Crippen molar-refractivity contribution in [2.75, 3.05) is 0 Å². The molecule has 3 heterocycles. The molecule has 0 atom stereocenters. The van der Waals surface area contributed by atoms with Gasteiger partial charge in [0.25, 0.3) is 5.91 Å². The lowest BCUT2D eigenvalue weighted by Crippen LogP contribution is -2.13. The molecule has 3 aromatic rings. The van der Waals surface area contributed by atoms with Crippen molar-refractivity contribution < 1.29 is 18.0 Å². The number of fused-ring (bicyclic) bond motifs is 1. The molecule has 112 valence electrons. The molecule has 0 fully saturated rings. The first kappa shape index (κ1) is 14.0. The van der Waals surface area contributed by atoms with E-state index in [2.05, 4.69) is 15.0 Å². The number of amides is 1. The summed E-state index contributed by atoms with van der Waals surface area (Å²) in [6.45, 7) is 0. The van der Waals surface area contributed by atoms with Gasteiger partial charge in [0.05, 0.1) is 24.3 Å². The van der Waals surface area contributed by atoms with E-state index in [0.717, 1.165) is 10.6 Å². The summed E-state index contributed by atoms with van der Waals surface area (Å²) in [6, 6.07) is 2.96. The van der Waals surface area contributed by atoms with Crippen LogP contribution in [0.2, 0.25) is 0 Å². The van der Waals surface area contributed by atoms with Gasteiger partial charge in [-0.3, -0.25) is 14.2 Å². The monoisotopic (exact) mass is 307 g/mol. The Balaban J connectivity index is 2.16.